The third kappa shape index (κ3) is 2.85. The maximum atomic E-state index is 12.1. The van der Waals surface area contributed by atoms with Gasteiger partial charge in [0.05, 0.1) is 14.2 Å². The standard InChI is InChI=1S/C14H20O5/c1-4-8-14(12(16)18-2,13(17)19-3)10-6-5-7-11(15)9-10/h4,8,10H,5-7,9H2,1-3H3/b8-4+. The smallest absolute Gasteiger partial charge is 0.327 e. The number of hydrogen-bond acceptors (Lipinski definition) is 5. The average molecular weight is 268 g/mol. The Morgan fingerprint density at radius 3 is 2.26 bits per heavy atom. The van der Waals surface area contributed by atoms with Crippen molar-refractivity contribution in [2.24, 2.45) is 11.3 Å². The van der Waals surface area contributed by atoms with Gasteiger partial charge in [-0.05, 0) is 25.7 Å². The second-order valence-corrected chi connectivity index (χ2v) is 4.68. The van der Waals surface area contributed by atoms with Gasteiger partial charge in [0.2, 0.25) is 0 Å². The summed E-state index contributed by atoms with van der Waals surface area (Å²) in [6.45, 7) is 1.71. The molecule has 0 aliphatic heterocycles. The molecule has 0 aromatic rings. The van der Waals surface area contributed by atoms with Crippen LogP contribution in [0.15, 0.2) is 12.2 Å². The Hall–Kier alpha value is -1.65. The molecule has 5 heteroatoms. The molecule has 0 spiro atoms. The van der Waals surface area contributed by atoms with E-state index < -0.39 is 23.3 Å². The SMILES string of the molecule is C/C=C/C(C(=O)OC)(C(=O)OC)C1CCCC(=O)C1. The van der Waals surface area contributed by atoms with E-state index in [2.05, 4.69) is 0 Å². The summed E-state index contributed by atoms with van der Waals surface area (Å²) in [4.78, 5) is 35.9. The topological polar surface area (TPSA) is 69.7 Å². The van der Waals surface area contributed by atoms with Gasteiger partial charge in [-0.2, -0.15) is 0 Å². The lowest BCUT2D eigenvalue weighted by atomic mass is 9.68. The highest BCUT2D eigenvalue weighted by Crippen LogP contribution is 2.41. The summed E-state index contributed by atoms with van der Waals surface area (Å²) in [5.74, 6) is -1.67. The lowest BCUT2D eigenvalue weighted by Crippen LogP contribution is -2.47. The van der Waals surface area contributed by atoms with Gasteiger partial charge in [-0.15, -0.1) is 0 Å². The number of methoxy groups -OCH3 is 2. The Bertz CT molecular complexity index is 381. The highest BCUT2D eigenvalue weighted by Gasteiger charge is 2.53. The van der Waals surface area contributed by atoms with Crippen LogP contribution >= 0.6 is 0 Å². The van der Waals surface area contributed by atoms with Crippen molar-refractivity contribution in [3.8, 4) is 0 Å². The minimum absolute atomic E-state index is 0.0675. The van der Waals surface area contributed by atoms with Crippen molar-refractivity contribution in [3.05, 3.63) is 12.2 Å². The first-order valence-corrected chi connectivity index (χ1v) is 6.35. The summed E-state index contributed by atoms with van der Waals surface area (Å²) in [6, 6.07) is 0. The minimum Gasteiger partial charge on any atom is -0.468 e. The quantitative estimate of drug-likeness (QED) is 0.440. The highest BCUT2D eigenvalue weighted by atomic mass is 16.5. The summed E-state index contributed by atoms with van der Waals surface area (Å²) >= 11 is 0. The van der Waals surface area contributed by atoms with Gasteiger partial charge in [0.1, 0.15) is 5.78 Å². The van der Waals surface area contributed by atoms with E-state index in [9.17, 15) is 14.4 Å². The molecule has 0 amide bonds. The molecule has 106 valence electrons. The summed E-state index contributed by atoms with van der Waals surface area (Å²) in [6.07, 6.45) is 5.12. The number of hydrogen-bond donors (Lipinski definition) is 0. The third-order valence-electron chi connectivity index (χ3n) is 3.60. The van der Waals surface area contributed by atoms with E-state index in [0.717, 1.165) is 0 Å². The molecular weight excluding hydrogens is 248 g/mol. The summed E-state index contributed by atoms with van der Waals surface area (Å²) in [5.41, 5.74) is -1.51. The molecule has 1 fully saturated rings. The van der Waals surface area contributed by atoms with Crippen LogP contribution in [0.1, 0.15) is 32.6 Å². The van der Waals surface area contributed by atoms with Crippen LogP contribution in [-0.2, 0) is 23.9 Å². The number of rotatable bonds is 4. The molecule has 0 heterocycles. The molecule has 1 aliphatic rings. The maximum Gasteiger partial charge on any atom is 0.327 e. The molecule has 19 heavy (non-hydrogen) atoms. The number of carbonyl (C=O) groups excluding carboxylic acids is 3. The van der Waals surface area contributed by atoms with Gasteiger partial charge in [0.15, 0.2) is 5.41 Å². The van der Waals surface area contributed by atoms with E-state index in [0.29, 0.717) is 19.3 Å². The lowest BCUT2D eigenvalue weighted by molar-refractivity contribution is -0.170. The Kier molecular flexibility index (Phi) is 5.27. The maximum absolute atomic E-state index is 12.1. The zero-order chi connectivity index (χ0) is 14.5. The Labute approximate surface area is 112 Å². The zero-order valence-corrected chi connectivity index (χ0v) is 11.6. The largest absolute Gasteiger partial charge is 0.468 e. The van der Waals surface area contributed by atoms with E-state index in [-0.39, 0.29) is 12.2 Å². The van der Waals surface area contributed by atoms with Crippen LogP contribution in [0.5, 0.6) is 0 Å². The minimum atomic E-state index is -1.51. The van der Waals surface area contributed by atoms with Crippen molar-refractivity contribution in [1.82, 2.24) is 0 Å². The van der Waals surface area contributed by atoms with Crippen LogP contribution in [0.2, 0.25) is 0 Å². The summed E-state index contributed by atoms with van der Waals surface area (Å²) in [5, 5.41) is 0. The van der Waals surface area contributed by atoms with Gasteiger partial charge in [-0.25, -0.2) is 0 Å². The molecule has 1 unspecified atom stereocenters. The monoisotopic (exact) mass is 268 g/mol. The Morgan fingerprint density at radius 2 is 1.84 bits per heavy atom. The lowest BCUT2D eigenvalue weighted by Gasteiger charge is -2.35. The fourth-order valence-electron chi connectivity index (χ4n) is 2.70. The number of ether oxygens (including phenoxy) is 2. The molecule has 0 saturated heterocycles. The average Bonchev–Trinajstić information content (AvgIpc) is 2.43. The van der Waals surface area contributed by atoms with Crippen molar-refractivity contribution in [3.63, 3.8) is 0 Å². The number of carbonyl (C=O) groups is 3. The molecule has 0 aromatic carbocycles. The molecule has 0 aromatic heterocycles. The van der Waals surface area contributed by atoms with Crippen LogP contribution in [-0.4, -0.2) is 31.9 Å². The van der Waals surface area contributed by atoms with Crippen molar-refractivity contribution in [2.75, 3.05) is 14.2 Å². The second-order valence-electron chi connectivity index (χ2n) is 4.68. The summed E-state index contributed by atoms with van der Waals surface area (Å²) < 4.78 is 9.55. The van der Waals surface area contributed by atoms with Gasteiger partial charge < -0.3 is 9.47 Å². The second kappa shape index (κ2) is 6.50. The van der Waals surface area contributed by atoms with Gasteiger partial charge in [-0.1, -0.05) is 12.2 Å². The van der Waals surface area contributed by atoms with E-state index >= 15 is 0 Å². The summed E-state index contributed by atoms with van der Waals surface area (Å²) in [7, 11) is 2.46. The first-order chi connectivity index (χ1) is 9.02. The van der Waals surface area contributed by atoms with Crippen LogP contribution < -0.4 is 0 Å². The molecule has 1 aliphatic carbocycles. The molecule has 1 rings (SSSR count). The first kappa shape index (κ1) is 15.4. The molecule has 5 nitrogen and oxygen atoms in total. The van der Waals surface area contributed by atoms with Crippen LogP contribution in [0, 0.1) is 11.3 Å². The fraction of sp³-hybridized carbons (Fsp3) is 0.643. The zero-order valence-electron chi connectivity index (χ0n) is 11.6. The van der Waals surface area contributed by atoms with Crippen molar-refractivity contribution in [1.29, 1.82) is 0 Å². The van der Waals surface area contributed by atoms with E-state index in [1.54, 1.807) is 13.0 Å². The number of ketones is 1. The first-order valence-electron chi connectivity index (χ1n) is 6.35. The fourth-order valence-corrected chi connectivity index (χ4v) is 2.70. The highest BCUT2D eigenvalue weighted by molar-refractivity contribution is 6.03. The molecule has 1 saturated carbocycles. The predicted molar refractivity (Wildman–Crippen MR) is 68.2 cm³/mol. The number of esters is 2. The van der Waals surface area contributed by atoms with E-state index in [1.165, 1.54) is 20.3 Å². The van der Waals surface area contributed by atoms with E-state index in [4.69, 9.17) is 9.47 Å². The van der Waals surface area contributed by atoms with Gasteiger partial charge in [-0.3, -0.25) is 14.4 Å². The van der Waals surface area contributed by atoms with Gasteiger partial charge in [0, 0.05) is 12.8 Å². The molecule has 1 atom stereocenters. The van der Waals surface area contributed by atoms with Crippen molar-refractivity contribution in [2.45, 2.75) is 32.6 Å². The van der Waals surface area contributed by atoms with Crippen LogP contribution in [0.25, 0.3) is 0 Å². The molecule has 0 radical (unpaired) electrons. The Balaban J connectivity index is 3.25. The molecular formula is C14H20O5. The molecule has 0 N–H and O–H groups in total. The normalized spacial score (nSPS) is 20.4. The van der Waals surface area contributed by atoms with Gasteiger partial charge in [0.25, 0.3) is 0 Å². The number of Topliss-reactive ketones (excluding diaryl/α,β-unsaturated/α-hetero) is 1. The van der Waals surface area contributed by atoms with Crippen LogP contribution in [0.4, 0.5) is 0 Å². The van der Waals surface area contributed by atoms with Crippen molar-refractivity contribution < 1.29 is 23.9 Å². The van der Waals surface area contributed by atoms with Crippen molar-refractivity contribution >= 4 is 17.7 Å². The molecule has 0 bridgehead atoms. The predicted octanol–water partition coefficient (Wildman–Crippen LogP) is 1.65. The third-order valence-corrected chi connectivity index (χ3v) is 3.60. The van der Waals surface area contributed by atoms with E-state index in [1.807, 2.05) is 0 Å². The van der Waals surface area contributed by atoms with Crippen LogP contribution in [0.3, 0.4) is 0 Å². The van der Waals surface area contributed by atoms with Gasteiger partial charge >= 0.3 is 11.9 Å². The number of allylic oxidation sites excluding steroid dienone is 1. The Morgan fingerprint density at radius 1 is 1.26 bits per heavy atom.